The predicted octanol–water partition coefficient (Wildman–Crippen LogP) is 10.2. The van der Waals surface area contributed by atoms with Crippen molar-refractivity contribution in [1.29, 1.82) is 0 Å². The third kappa shape index (κ3) is 7.99. The SMILES string of the molecule is Cc1cc(-c2n[nH]c(C)c2-c2ccccc2)c(O)cc1O.Cc1cc(-c2n[nH]c(C)c2-c2ccccc2)c(O)cc1O.Cc1cccc(Cl)c1. The fourth-order valence-corrected chi connectivity index (χ4v) is 5.76. The Morgan fingerprint density at radius 1 is 0.480 bits per heavy atom. The maximum Gasteiger partial charge on any atom is 0.128 e. The zero-order valence-electron chi connectivity index (χ0n) is 28.5. The van der Waals surface area contributed by atoms with E-state index in [0.29, 0.717) is 33.6 Å². The maximum absolute atomic E-state index is 10.1. The van der Waals surface area contributed by atoms with Crippen molar-refractivity contribution >= 4 is 11.6 Å². The first kappa shape index (κ1) is 35.3. The van der Waals surface area contributed by atoms with E-state index in [4.69, 9.17) is 11.6 Å². The van der Waals surface area contributed by atoms with Gasteiger partial charge in [-0.3, -0.25) is 10.2 Å². The van der Waals surface area contributed by atoms with Gasteiger partial charge in [-0.05, 0) is 86.7 Å². The van der Waals surface area contributed by atoms with Gasteiger partial charge in [0.1, 0.15) is 34.4 Å². The van der Waals surface area contributed by atoms with E-state index < -0.39 is 0 Å². The molecule has 0 saturated heterocycles. The number of nitrogens with zero attached hydrogens (tertiary/aromatic N) is 2. The van der Waals surface area contributed by atoms with Gasteiger partial charge in [0, 0.05) is 50.8 Å². The van der Waals surface area contributed by atoms with Crippen molar-refractivity contribution in [3.8, 4) is 67.8 Å². The molecule has 0 spiro atoms. The van der Waals surface area contributed by atoms with Crippen molar-refractivity contribution in [3.05, 3.63) is 142 Å². The number of hydrogen-bond acceptors (Lipinski definition) is 6. The van der Waals surface area contributed by atoms with E-state index in [1.165, 1.54) is 17.7 Å². The molecule has 0 aliphatic rings. The summed E-state index contributed by atoms with van der Waals surface area (Å²) in [5, 5.41) is 55.0. The zero-order valence-corrected chi connectivity index (χ0v) is 29.2. The molecule has 2 heterocycles. The highest BCUT2D eigenvalue weighted by Crippen LogP contribution is 2.41. The van der Waals surface area contributed by atoms with Gasteiger partial charge in [0.25, 0.3) is 0 Å². The molecule has 0 amide bonds. The molecule has 50 heavy (non-hydrogen) atoms. The maximum atomic E-state index is 10.1. The van der Waals surface area contributed by atoms with Crippen LogP contribution in [0.25, 0.3) is 44.8 Å². The minimum atomic E-state index is 0.0155. The molecule has 7 aromatic rings. The van der Waals surface area contributed by atoms with Crippen molar-refractivity contribution in [3.63, 3.8) is 0 Å². The van der Waals surface area contributed by atoms with Gasteiger partial charge >= 0.3 is 0 Å². The number of H-pyrrole nitrogens is 2. The van der Waals surface area contributed by atoms with E-state index in [1.54, 1.807) is 26.0 Å². The second kappa shape index (κ2) is 15.5. The molecule has 2 aromatic heterocycles. The molecule has 8 nitrogen and oxygen atoms in total. The monoisotopic (exact) mass is 686 g/mol. The van der Waals surface area contributed by atoms with Crippen LogP contribution < -0.4 is 0 Å². The Balaban J connectivity index is 0.000000160. The van der Waals surface area contributed by atoms with Crippen LogP contribution in [0.5, 0.6) is 23.0 Å². The second-order valence-electron chi connectivity index (χ2n) is 12.0. The fraction of sp³-hybridized carbons (Fsp3) is 0.122. The summed E-state index contributed by atoms with van der Waals surface area (Å²) in [6, 6.07) is 33.8. The van der Waals surface area contributed by atoms with E-state index in [0.717, 1.165) is 38.7 Å². The number of rotatable bonds is 4. The summed E-state index contributed by atoms with van der Waals surface area (Å²) in [5.41, 5.74) is 11.0. The molecular formula is C41H39ClN4O4. The van der Waals surface area contributed by atoms with Crippen molar-refractivity contribution in [2.75, 3.05) is 0 Å². The van der Waals surface area contributed by atoms with Crippen LogP contribution in [0.3, 0.4) is 0 Å². The Bertz CT molecular complexity index is 2070. The van der Waals surface area contributed by atoms with E-state index >= 15 is 0 Å². The summed E-state index contributed by atoms with van der Waals surface area (Å²) in [7, 11) is 0. The van der Waals surface area contributed by atoms with E-state index in [1.807, 2.05) is 106 Å². The van der Waals surface area contributed by atoms with E-state index in [2.05, 4.69) is 20.4 Å². The summed E-state index contributed by atoms with van der Waals surface area (Å²) in [4.78, 5) is 0. The Hall–Kier alpha value is -5.99. The number of nitrogens with one attached hydrogen (secondary N) is 2. The number of phenols is 4. The van der Waals surface area contributed by atoms with Crippen LogP contribution in [-0.4, -0.2) is 40.8 Å². The number of halogens is 1. The quantitative estimate of drug-likeness (QED) is 0.109. The summed E-state index contributed by atoms with van der Waals surface area (Å²) >= 11 is 5.64. The van der Waals surface area contributed by atoms with Gasteiger partial charge in [0.05, 0.1) is 0 Å². The van der Waals surface area contributed by atoms with Crippen LogP contribution in [0.15, 0.2) is 109 Å². The van der Waals surface area contributed by atoms with E-state index in [-0.39, 0.29) is 23.0 Å². The molecule has 0 unspecified atom stereocenters. The van der Waals surface area contributed by atoms with Gasteiger partial charge in [-0.25, -0.2) is 0 Å². The number of aromatic hydroxyl groups is 4. The molecule has 0 aliphatic carbocycles. The molecule has 0 bridgehead atoms. The van der Waals surface area contributed by atoms with Crippen molar-refractivity contribution in [1.82, 2.24) is 20.4 Å². The topological polar surface area (TPSA) is 138 Å². The average Bonchev–Trinajstić information content (AvgIpc) is 3.67. The average molecular weight is 687 g/mol. The fourth-order valence-electron chi connectivity index (χ4n) is 5.52. The molecule has 9 heteroatoms. The van der Waals surface area contributed by atoms with Gasteiger partial charge < -0.3 is 20.4 Å². The van der Waals surface area contributed by atoms with Gasteiger partial charge in [-0.2, -0.15) is 10.2 Å². The predicted molar refractivity (Wildman–Crippen MR) is 201 cm³/mol. The van der Waals surface area contributed by atoms with E-state index in [9.17, 15) is 20.4 Å². The number of aromatic amines is 2. The Kier molecular flexibility index (Phi) is 10.9. The molecule has 7 rings (SSSR count). The Labute approximate surface area is 296 Å². The number of hydrogen-bond donors (Lipinski definition) is 6. The van der Waals surface area contributed by atoms with Gasteiger partial charge in [-0.1, -0.05) is 84.4 Å². The second-order valence-corrected chi connectivity index (χ2v) is 12.4. The highest BCUT2D eigenvalue weighted by molar-refractivity contribution is 6.30. The molecule has 254 valence electrons. The lowest BCUT2D eigenvalue weighted by molar-refractivity contribution is 0.448. The van der Waals surface area contributed by atoms with Gasteiger partial charge in [0.15, 0.2) is 0 Å². The van der Waals surface area contributed by atoms with Crippen LogP contribution in [0.1, 0.15) is 28.1 Å². The molecular weight excluding hydrogens is 648 g/mol. The lowest BCUT2D eigenvalue weighted by atomic mass is 9.97. The normalized spacial score (nSPS) is 10.5. The summed E-state index contributed by atoms with van der Waals surface area (Å²) in [5.74, 6) is 0.179. The van der Waals surface area contributed by atoms with Crippen LogP contribution >= 0.6 is 11.6 Å². The third-order valence-corrected chi connectivity index (χ3v) is 8.37. The first-order chi connectivity index (χ1) is 23.9. The third-order valence-electron chi connectivity index (χ3n) is 8.14. The minimum Gasteiger partial charge on any atom is -0.508 e. The van der Waals surface area contributed by atoms with Crippen LogP contribution in [0.4, 0.5) is 0 Å². The first-order valence-corrected chi connectivity index (χ1v) is 16.3. The number of aromatic nitrogens is 4. The lowest BCUT2D eigenvalue weighted by Crippen LogP contribution is -1.87. The molecule has 0 saturated carbocycles. The summed E-state index contributed by atoms with van der Waals surface area (Å²) in [6.45, 7) is 9.50. The smallest absolute Gasteiger partial charge is 0.128 e. The number of aryl methyl sites for hydroxylation is 5. The van der Waals surface area contributed by atoms with Crippen LogP contribution in [0.2, 0.25) is 5.02 Å². The van der Waals surface area contributed by atoms with Crippen molar-refractivity contribution < 1.29 is 20.4 Å². The number of phenolic OH excluding ortho intramolecular Hbond substituents is 4. The zero-order chi connectivity index (χ0) is 35.9. The highest BCUT2D eigenvalue weighted by Gasteiger charge is 2.19. The van der Waals surface area contributed by atoms with Crippen LogP contribution in [0, 0.1) is 34.6 Å². The Morgan fingerprint density at radius 3 is 1.26 bits per heavy atom. The standard InChI is InChI=1S/2C17H16N2O2.C7H7Cl/c2*1-10-8-13(15(21)9-14(10)20)17-16(11(2)18-19-17)12-6-4-3-5-7-12;1-6-3-2-4-7(8)5-6/h2*3-9,20-21H,1-2H3,(H,18,19);2-5H,1H3. The van der Waals surface area contributed by atoms with Crippen molar-refractivity contribution in [2.24, 2.45) is 0 Å². The van der Waals surface area contributed by atoms with Gasteiger partial charge in [-0.15, -0.1) is 0 Å². The summed E-state index contributed by atoms with van der Waals surface area (Å²) < 4.78 is 0. The molecule has 0 fully saturated rings. The lowest BCUT2D eigenvalue weighted by Gasteiger charge is -2.08. The summed E-state index contributed by atoms with van der Waals surface area (Å²) in [6.07, 6.45) is 0. The number of benzene rings is 5. The largest absolute Gasteiger partial charge is 0.508 e. The molecule has 5 aromatic carbocycles. The molecule has 0 atom stereocenters. The molecule has 0 radical (unpaired) electrons. The highest BCUT2D eigenvalue weighted by atomic mass is 35.5. The van der Waals surface area contributed by atoms with Gasteiger partial charge in [0.2, 0.25) is 0 Å². The first-order valence-electron chi connectivity index (χ1n) is 15.9. The van der Waals surface area contributed by atoms with Crippen LogP contribution in [-0.2, 0) is 0 Å². The minimum absolute atomic E-state index is 0.0155. The molecule has 6 N–H and O–H groups in total. The Morgan fingerprint density at radius 2 is 0.900 bits per heavy atom. The van der Waals surface area contributed by atoms with Crippen molar-refractivity contribution in [2.45, 2.75) is 34.6 Å². The molecule has 0 aliphatic heterocycles.